The van der Waals surface area contributed by atoms with Gasteiger partial charge in [-0.2, -0.15) is 0 Å². The number of nitrogens with one attached hydrogen (secondary N) is 2. The van der Waals surface area contributed by atoms with Gasteiger partial charge in [-0.05, 0) is 36.2 Å². The molecule has 0 bridgehead atoms. The molecule has 128 valence electrons. The molecule has 0 aromatic heterocycles. The highest BCUT2D eigenvalue weighted by Gasteiger charge is 2.03. The van der Waals surface area contributed by atoms with Crippen molar-refractivity contribution in [1.82, 2.24) is 5.32 Å². The molecule has 0 saturated carbocycles. The van der Waals surface area contributed by atoms with Crippen LogP contribution in [0.4, 0.5) is 14.9 Å². The number of rotatable bonds is 8. The molecule has 0 aliphatic heterocycles. The fourth-order valence-corrected chi connectivity index (χ4v) is 2.05. The molecule has 6 heteroatoms. The minimum absolute atomic E-state index is 0.267. The Bertz CT molecular complexity index is 647. The maximum absolute atomic E-state index is 12.8. The first-order chi connectivity index (χ1) is 11.7. The number of hydrogen-bond donors (Lipinski definition) is 2. The zero-order valence-corrected chi connectivity index (χ0v) is 13.5. The van der Waals surface area contributed by atoms with E-state index in [4.69, 9.17) is 9.47 Å². The van der Waals surface area contributed by atoms with E-state index in [0.29, 0.717) is 37.6 Å². The number of benzene rings is 2. The average molecular weight is 332 g/mol. The van der Waals surface area contributed by atoms with E-state index >= 15 is 0 Å². The molecule has 0 saturated heterocycles. The summed E-state index contributed by atoms with van der Waals surface area (Å²) in [5, 5.41) is 5.51. The van der Waals surface area contributed by atoms with Crippen LogP contribution in [0.5, 0.6) is 5.75 Å². The van der Waals surface area contributed by atoms with Gasteiger partial charge in [-0.25, -0.2) is 9.18 Å². The fourth-order valence-electron chi connectivity index (χ4n) is 2.05. The average Bonchev–Trinajstić information content (AvgIpc) is 2.57. The van der Waals surface area contributed by atoms with Crippen LogP contribution >= 0.6 is 0 Å². The zero-order chi connectivity index (χ0) is 17.2. The number of carbonyl (C=O) groups is 1. The highest BCUT2D eigenvalue weighted by atomic mass is 19.1. The van der Waals surface area contributed by atoms with Gasteiger partial charge >= 0.3 is 6.03 Å². The highest BCUT2D eigenvalue weighted by Crippen LogP contribution is 2.17. The number of urea groups is 1. The molecule has 2 amide bonds. The minimum Gasteiger partial charge on any atom is -0.491 e. The topological polar surface area (TPSA) is 59.6 Å². The quantitative estimate of drug-likeness (QED) is 0.730. The van der Waals surface area contributed by atoms with Crippen molar-refractivity contribution in [2.75, 3.05) is 32.2 Å². The number of methoxy groups -OCH3 is 1. The van der Waals surface area contributed by atoms with Gasteiger partial charge in [0.05, 0.1) is 6.61 Å². The van der Waals surface area contributed by atoms with Crippen molar-refractivity contribution in [3.8, 4) is 5.75 Å². The molecule has 2 aromatic rings. The third-order valence-corrected chi connectivity index (χ3v) is 3.26. The van der Waals surface area contributed by atoms with Crippen LogP contribution in [0.15, 0.2) is 48.5 Å². The third kappa shape index (κ3) is 6.26. The Labute approximate surface area is 140 Å². The predicted octanol–water partition coefficient (Wildman–Crippen LogP) is 3.22. The van der Waals surface area contributed by atoms with E-state index < -0.39 is 0 Å². The van der Waals surface area contributed by atoms with Crippen molar-refractivity contribution in [3.63, 3.8) is 0 Å². The van der Waals surface area contributed by atoms with Gasteiger partial charge < -0.3 is 20.1 Å². The van der Waals surface area contributed by atoms with Crippen LogP contribution in [0.1, 0.15) is 5.56 Å². The number of ether oxygens (including phenoxy) is 2. The lowest BCUT2D eigenvalue weighted by Crippen LogP contribution is -2.30. The maximum Gasteiger partial charge on any atom is 0.319 e. The van der Waals surface area contributed by atoms with E-state index in [1.807, 2.05) is 6.07 Å². The number of halogens is 1. The smallest absolute Gasteiger partial charge is 0.319 e. The Morgan fingerprint density at radius 3 is 2.67 bits per heavy atom. The van der Waals surface area contributed by atoms with E-state index in [2.05, 4.69) is 10.6 Å². The Hall–Kier alpha value is -2.60. The van der Waals surface area contributed by atoms with Gasteiger partial charge in [0, 0.05) is 25.4 Å². The van der Waals surface area contributed by atoms with Crippen molar-refractivity contribution < 1.29 is 18.7 Å². The largest absolute Gasteiger partial charge is 0.491 e. The fraction of sp³-hybridized carbons (Fsp3) is 0.278. The summed E-state index contributed by atoms with van der Waals surface area (Å²) >= 11 is 0. The van der Waals surface area contributed by atoms with Crippen molar-refractivity contribution >= 4 is 11.7 Å². The molecule has 0 atom stereocenters. The van der Waals surface area contributed by atoms with Crippen LogP contribution in [0.3, 0.4) is 0 Å². The van der Waals surface area contributed by atoms with Gasteiger partial charge in [0.25, 0.3) is 0 Å². The molecule has 0 unspecified atom stereocenters. The summed E-state index contributed by atoms with van der Waals surface area (Å²) in [6.45, 7) is 1.41. The monoisotopic (exact) mass is 332 g/mol. The van der Waals surface area contributed by atoms with Gasteiger partial charge in [-0.3, -0.25) is 0 Å². The highest BCUT2D eigenvalue weighted by molar-refractivity contribution is 5.89. The van der Waals surface area contributed by atoms with Gasteiger partial charge in [-0.1, -0.05) is 18.2 Å². The molecule has 0 aliphatic rings. The SMILES string of the molecule is COCCOc1cccc(NC(=O)NCCc2ccc(F)cc2)c1. The predicted molar refractivity (Wildman–Crippen MR) is 90.9 cm³/mol. The number of anilines is 1. The Balaban J connectivity index is 1.75. The second-order valence-corrected chi connectivity index (χ2v) is 5.13. The standard InChI is InChI=1S/C18H21FN2O3/c1-23-11-12-24-17-4-2-3-16(13-17)21-18(22)20-10-9-14-5-7-15(19)8-6-14/h2-8,13H,9-12H2,1H3,(H2,20,21,22). The van der Waals surface area contributed by atoms with Crippen LogP contribution < -0.4 is 15.4 Å². The Kier molecular flexibility index (Phi) is 7.04. The lowest BCUT2D eigenvalue weighted by molar-refractivity contribution is 0.146. The second-order valence-electron chi connectivity index (χ2n) is 5.13. The summed E-state index contributed by atoms with van der Waals surface area (Å²) in [7, 11) is 1.61. The molecule has 0 fully saturated rings. The van der Waals surface area contributed by atoms with Crippen LogP contribution in [0, 0.1) is 5.82 Å². The summed E-state index contributed by atoms with van der Waals surface area (Å²) in [5.74, 6) is 0.396. The summed E-state index contributed by atoms with van der Waals surface area (Å²) in [4.78, 5) is 11.9. The summed E-state index contributed by atoms with van der Waals surface area (Å²) < 4.78 is 23.2. The maximum atomic E-state index is 12.8. The van der Waals surface area contributed by atoms with E-state index in [-0.39, 0.29) is 11.8 Å². The van der Waals surface area contributed by atoms with Gasteiger partial charge in [0.15, 0.2) is 0 Å². The molecule has 0 radical (unpaired) electrons. The van der Waals surface area contributed by atoms with Crippen molar-refractivity contribution in [2.24, 2.45) is 0 Å². The van der Waals surface area contributed by atoms with Crippen LogP contribution in [0.2, 0.25) is 0 Å². The van der Waals surface area contributed by atoms with E-state index in [9.17, 15) is 9.18 Å². The van der Waals surface area contributed by atoms with Crippen molar-refractivity contribution in [1.29, 1.82) is 0 Å². The summed E-state index contributed by atoms with van der Waals surface area (Å²) in [6, 6.07) is 13.1. The molecule has 24 heavy (non-hydrogen) atoms. The lowest BCUT2D eigenvalue weighted by atomic mass is 10.1. The van der Waals surface area contributed by atoms with E-state index in [0.717, 1.165) is 5.56 Å². The molecule has 0 spiro atoms. The first-order valence-corrected chi connectivity index (χ1v) is 7.68. The van der Waals surface area contributed by atoms with Gasteiger partial charge in [-0.15, -0.1) is 0 Å². The minimum atomic E-state index is -0.300. The van der Waals surface area contributed by atoms with Gasteiger partial charge in [0.1, 0.15) is 18.2 Å². The lowest BCUT2D eigenvalue weighted by Gasteiger charge is -2.10. The number of hydrogen-bond acceptors (Lipinski definition) is 3. The van der Waals surface area contributed by atoms with Crippen LogP contribution in [-0.2, 0) is 11.2 Å². The molecule has 2 N–H and O–H groups in total. The molecule has 0 heterocycles. The Morgan fingerprint density at radius 2 is 1.92 bits per heavy atom. The van der Waals surface area contributed by atoms with Crippen LogP contribution in [-0.4, -0.2) is 32.9 Å². The molecule has 2 rings (SSSR count). The first-order valence-electron chi connectivity index (χ1n) is 7.68. The van der Waals surface area contributed by atoms with E-state index in [1.54, 1.807) is 37.4 Å². The first kappa shape index (κ1) is 17.7. The number of amides is 2. The zero-order valence-electron chi connectivity index (χ0n) is 13.5. The molecule has 2 aromatic carbocycles. The van der Waals surface area contributed by atoms with Crippen LogP contribution in [0.25, 0.3) is 0 Å². The second kappa shape index (κ2) is 9.52. The molecule has 5 nitrogen and oxygen atoms in total. The van der Waals surface area contributed by atoms with Crippen molar-refractivity contribution in [3.05, 3.63) is 59.9 Å². The third-order valence-electron chi connectivity index (χ3n) is 3.26. The molecular formula is C18H21FN2O3. The van der Waals surface area contributed by atoms with E-state index in [1.165, 1.54) is 12.1 Å². The normalized spacial score (nSPS) is 10.2. The summed E-state index contributed by atoms with van der Waals surface area (Å²) in [5.41, 5.74) is 1.61. The number of carbonyl (C=O) groups excluding carboxylic acids is 1. The Morgan fingerprint density at radius 1 is 1.12 bits per heavy atom. The molecular weight excluding hydrogens is 311 g/mol. The van der Waals surface area contributed by atoms with Gasteiger partial charge in [0.2, 0.25) is 0 Å². The van der Waals surface area contributed by atoms with Crippen molar-refractivity contribution in [2.45, 2.75) is 6.42 Å². The molecule has 0 aliphatic carbocycles. The summed E-state index contributed by atoms with van der Waals surface area (Å²) in [6.07, 6.45) is 0.633.